The number of nitrogens with two attached hydrogens (primary N) is 1. The summed E-state index contributed by atoms with van der Waals surface area (Å²) in [5.74, 6) is -1.68. The molecule has 0 radical (unpaired) electrons. The number of benzene rings is 1. The van der Waals surface area contributed by atoms with Crippen LogP contribution in [-0.2, 0) is 6.54 Å². The summed E-state index contributed by atoms with van der Waals surface area (Å²) in [5.41, 5.74) is 4.87. The van der Waals surface area contributed by atoms with E-state index < -0.39 is 17.1 Å². The lowest BCUT2D eigenvalue weighted by Gasteiger charge is -2.17. The number of anilines is 2. The standard InChI is InChI=1S/C18H19F2N5O/c19-14-16(21)13-12(26)4-8-25(11-2-3-11)18(13)15(20)17(14)23-5-1-7-24-9-6-22-10-24/h4,6,8-11,23H,1-3,5,7,21H2. The zero-order chi connectivity index (χ0) is 18.3. The van der Waals surface area contributed by atoms with Gasteiger partial charge in [0.05, 0.1) is 22.9 Å². The normalized spacial score (nSPS) is 14.1. The molecule has 3 aromatic rings. The van der Waals surface area contributed by atoms with Gasteiger partial charge < -0.3 is 20.2 Å². The lowest BCUT2D eigenvalue weighted by Crippen LogP contribution is -2.16. The number of fused-ring (bicyclic) bond motifs is 1. The number of rotatable bonds is 6. The summed E-state index contributed by atoms with van der Waals surface area (Å²) >= 11 is 0. The summed E-state index contributed by atoms with van der Waals surface area (Å²) in [6.07, 6.45) is 9.20. The minimum Gasteiger partial charge on any atom is -0.396 e. The van der Waals surface area contributed by atoms with Crippen molar-refractivity contribution in [1.82, 2.24) is 14.1 Å². The number of imidazole rings is 1. The monoisotopic (exact) mass is 359 g/mol. The molecule has 8 heteroatoms. The van der Waals surface area contributed by atoms with Crippen LogP contribution in [0.4, 0.5) is 20.2 Å². The predicted octanol–water partition coefficient (Wildman–Crippen LogP) is 2.90. The number of nitrogen functional groups attached to an aromatic ring is 1. The third-order valence-corrected chi connectivity index (χ3v) is 4.67. The Labute approximate surface area is 148 Å². The molecule has 1 aromatic carbocycles. The molecule has 0 spiro atoms. The van der Waals surface area contributed by atoms with Gasteiger partial charge in [-0.1, -0.05) is 0 Å². The fourth-order valence-electron chi connectivity index (χ4n) is 3.20. The molecule has 4 rings (SSSR count). The number of aromatic nitrogens is 3. The second-order valence-corrected chi connectivity index (χ2v) is 6.54. The molecule has 0 amide bonds. The zero-order valence-corrected chi connectivity index (χ0v) is 14.1. The van der Waals surface area contributed by atoms with E-state index in [1.165, 1.54) is 6.07 Å². The molecule has 1 aliphatic carbocycles. The van der Waals surface area contributed by atoms with Gasteiger partial charge in [-0.2, -0.15) is 0 Å². The van der Waals surface area contributed by atoms with E-state index in [4.69, 9.17) is 5.73 Å². The molecule has 0 bridgehead atoms. The average molecular weight is 359 g/mol. The molecule has 0 saturated heterocycles. The molecule has 26 heavy (non-hydrogen) atoms. The Bertz CT molecular complexity index is 1010. The number of hydrogen-bond acceptors (Lipinski definition) is 4. The minimum absolute atomic E-state index is 0.0796. The lowest BCUT2D eigenvalue weighted by molar-refractivity contribution is 0.587. The highest BCUT2D eigenvalue weighted by atomic mass is 19.1. The molecule has 136 valence electrons. The first-order valence-corrected chi connectivity index (χ1v) is 8.59. The molecular formula is C18H19F2N5O. The largest absolute Gasteiger partial charge is 0.396 e. The molecule has 6 nitrogen and oxygen atoms in total. The Balaban J connectivity index is 1.68. The van der Waals surface area contributed by atoms with E-state index in [-0.39, 0.29) is 28.3 Å². The van der Waals surface area contributed by atoms with Crippen molar-refractivity contribution in [1.29, 1.82) is 0 Å². The molecule has 0 unspecified atom stereocenters. The van der Waals surface area contributed by atoms with Crippen molar-refractivity contribution in [3.05, 3.63) is 52.8 Å². The molecule has 3 N–H and O–H groups in total. The Morgan fingerprint density at radius 1 is 1.27 bits per heavy atom. The molecule has 0 aliphatic heterocycles. The molecule has 2 heterocycles. The van der Waals surface area contributed by atoms with Crippen molar-refractivity contribution in [3.63, 3.8) is 0 Å². The third kappa shape index (κ3) is 2.81. The summed E-state index contributed by atoms with van der Waals surface area (Å²) in [4.78, 5) is 16.1. The van der Waals surface area contributed by atoms with E-state index >= 15 is 4.39 Å². The van der Waals surface area contributed by atoms with E-state index in [2.05, 4.69) is 10.3 Å². The van der Waals surface area contributed by atoms with Crippen LogP contribution in [0.3, 0.4) is 0 Å². The summed E-state index contributed by atoms with van der Waals surface area (Å²) in [7, 11) is 0. The average Bonchev–Trinajstić information content (AvgIpc) is 3.34. The summed E-state index contributed by atoms with van der Waals surface area (Å²) in [6.45, 7) is 1.03. The van der Waals surface area contributed by atoms with Gasteiger partial charge in [0.15, 0.2) is 17.1 Å². The van der Waals surface area contributed by atoms with Gasteiger partial charge in [-0.15, -0.1) is 0 Å². The number of hydrogen-bond donors (Lipinski definition) is 2. The molecular weight excluding hydrogens is 340 g/mol. The summed E-state index contributed by atoms with van der Waals surface area (Å²) < 4.78 is 33.3. The Hall–Kier alpha value is -2.90. The molecule has 0 atom stereocenters. The first-order valence-electron chi connectivity index (χ1n) is 8.59. The second-order valence-electron chi connectivity index (χ2n) is 6.54. The number of aryl methyl sites for hydroxylation is 1. The first-order chi connectivity index (χ1) is 12.6. The van der Waals surface area contributed by atoms with Gasteiger partial charge in [-0.3, -0.25) is 4.79 Å². The molecule has 1 saturated carbocycles. The van der Waals surface area contributed by atoms with E-state index in [9.17, 15) is 9.18 Å². The van der Waals surface area contributed by atoms with Crippen molar-refractivity contribution in [2.45, 2.75) is 31.8 Å². The van der Waals surface area contributed by atoms with Crippen LogP contribution in [0, 0.1) is 11.6 Å². The fraction of sp³-hybridized carbons (Fsp3) is 0.333. The van der Waals surface area contributed by atoms with Crippen molar-refractivity contribution in [2.24, 2.45) is 0 Å². The highest BCUT2D eigenvalue weighted by Gasteiger charge is 2.28. The van der Waals surface area contributed by atoms with E-state index in [0.29, 0.717) is 19.5 Å². The van der Waals surface area contributed by atoms with Crippen molar-refractivity contribution >= 4 is 22.3 Å². The Morgan fingerprint density at radius 3 is 2.77 bits per heavy atom. The number of nitrogens with one attached hydrogen (secondary N) is 1. The Morgan fingerprint density at radius 2 is 2.08 bits per heavy atom. The maximum absolute atomic E-state index is 15.1. The maximum Gasteiger partial charge on any atom is 0.191 e. The quantitative estimate of drug-likeness (QED) is 0.524. The van der Waals surface area contributed by atoms with Crippen LogP contribution < -0.4 is 16.5 Å². The van der Waals surface area contributed by atoms with Gasteiger partial charge in [0, 0.05) is 43.8 Å². The SMILES string of the molecule is Nc1c(F)c(NCCCn2ccnc2)c(F)c2c1c(=O)ccn2C1CC1. The van der Waals surface area contributed by atoms with Gasteiger partial charge in [0.25, 0.3) is 0 Å². The molecule has 1 fully saturated rings. The van der Waals surface area contributed by atoms with Gasteiger partial charge in [-0.05, 0) is 19.3 Å². The molecule has 1 aliphatic rings. The topological polar surface area (TPSA) is 77.9 Å². The predicted molar refractivity (Wildman–Crippen MR) is 96.1 cm³/mol. The van der Waals surface area contributed by atoms with Gasteiger partial charge in [0.2, 0.25) is 0 Å². The Kier molecular flexibility index (Phi) is 4.10. The minimum atomic E-state index is -0.914. The zero-order valence-electron chi connectivity index (χ0n) is 14.1. The summed E-state index contributed by atoms with van der Waals surface area (Å²) in [5, 5.41) is 2.72. The first kappa shape index (κ1) is 16.6. The third-order valence-electron chi connectivity index (χ3n) is 4.67. The smallest absolute Gasteiger partial charge is 0.191 e. The van der Waals surface area contributed by atoms with E-state index in [1.54, 1.807) is 23.3 Å². The highest BCUT2D eigenvalue weighted by Crippen LogP contribution is 2.40. The highest BCUT2D eigenvalue weighted by molar-refractivity contribution is 5.94. The van der Waals surface area contributed by atoms with E-state index in [0.717, 1.165) is 12.8 Å². The molecule has 2 aromatic heterocycles. The van der Waals surface area contributed by atoms with Crippen molar-refractivity contribution in [3.8, 4) is 0 Å². The number of pyridine rings is 1. The lowest BCUT2D eigenvalue weighted by atomic mass is 10.1. The van der Waals surface area contributed by atoms with E-state index in [1.807, 2.05) is 10.8 Å². The van der Waals surface area contributed by atoms with Crippen LogP contribution in [0.2, 0.25) is 0 Å². The van der Waals surface area contributed by atoms with Crippen LogP contribution in [0.5, 0.6) is 0 Å². The fourth-order valence-corrected chi connectivity index (χ4v) is 3.20. The second kappa shape index (κ2) is 6.44. The van der Waals surface area contributed by atoms with Gasteiger partial charge in [0.1, 0.15) is 5.69 Å². The van der Waals surface area contributed by atoms with Crippen molar-refractivity contribution < 1.29 is 8.78 Å². The summed E-state index contributed by atoms with van der Waals surface area (Å²) in [6, 6.07) is 1.44. The van der Waals surface area contributed by atoms with Crippen LogP contribution in [0.1, 0.15) is 25.3 Å². The van der Waals surface area contributed by atoms with Gasteiger partial charge in [-0.25, -0.2) is 13.8 Å². The number of nitrogens with zero attached hydrogens (tertiary/aromatic N) is 3. The van der Waals surface area contributed by atoms with Gasteiger partial charge >= 0.3 is 0 Å². The number of halogens is 2. The van der Waals surface area contributed by atoms with Crippen LogP contribution >= 0.6 is 0 Å². The van der Waals surface area contributed by atoms with Crippen molar-refractivity contribution in [2.75, 3.05) is 17.6 Å². The maximum atomic E-state index is 15.1. The van der Waals surface area contributed by atoms with Crippen LogP contribution in [0.25, 0.3) is 10.9 Å². The van der Waals surface area contributed by atoms with Crippen LogP contribution in [-0.4, -0.2) is 20.7 Å². The van der Waals surface area contributed by atoms with Crippen LogP contribution in [0.15, 0.2) is 35.8 Å².